The Balaban J connectivity index is 1.42. The predicted octanol–water partition coefficient (Wildman–Crippen LogP) is 2.93. The Bertz CT molecular complexity index is 770. The highest BCUT2D eigenvalue weighted by atomic mass is 16.3. The maximum atomic E-state index is 12.4. The van der Waals surface area contributed by atoms with Gasteiger partial charge in [0.1, 0.15) is 5.75 Å². The first-order chi connectivity index (χ1) is 13.0. The van der Waals surface area contributed by atoms with Crippen molar-refractivity contribution in [2.45, 2.75) is 44.2 Å². The molecule has 1 aromatic carbocycles. The highest BCUT2D eigenvalue weighted by Gasteiger charge is 2.40. The van der Waals surface area contributed by atoms with Crippen molar-refractivity contribution in [3.63, 3.8) is 0 Å². The zero-order valence-electron chi connectivity index (χ0n) is 15.2. The normalized spacial score (nSPS) is 18.0. The van der Waals surface area contributed by atoms with E-state index in [1.807, 2.05) is 0 Å². The van der Waals surface area contributed by atoms with Gasteiger partial charge < -0.3 is 15.3 Å². The van der Waals surface area contributed by atoms with E-state index in [-0.39, 0.29) is 23.5 Å². The Hall–Kier alpha value is -2.88. The molecule has 2 heterocycles. The Kier molecular flexibility index (Phi) is 5.75. The average molecular weight is 368 g/mol. The number of likely N-dealkylation sites (tertiary alicyclic amines) is 1. The number of rotatable bonds is 7. The molecular weight excluding hydrogens is 344 g/mol. The van der Waals surface area contributed by atoms with Crippen molar-refractivity contribution >= 4 is 17.5 Å². The van der Waals surface area contributed by atoms with Crippen molar-refractivity contribution < 1.29 is 14.7 Å². The fraction of sp³-hybridized carbons (Fsp3) is 0.500. The number of piperidine rings is 1. The standard InChI is InChI=1S/C20H24N4O3/c1-2-3-11-20(22-23-20)12-8-18(26)24-13-9-15(10-14-24)19(27)21-16-6-4-5-7-17(16)25/h1,4-7,15,25H,3,8-14H2,(H,21,27). The molecule has 7 nitrogen and oxygen atoms in total. The minimum atomic E-state index is -0.433. The molecule has 3 rings (SSSR count). The summed E-state index contributed by atoms with van der Waals surface area (Å²) in [6.07, 6.45) is 8.81. The quantitative estimate of drug-likeness (QED) is 0.572. The number of phenols is 1. The predicted molar refractivity (Wildman–Crippen MR) is 101 cm³/mol. The number of carbonyl (C=O) groups is 2. The SMILES string of the molecule is C#CCCC1(CCC(=O)N2CCC(C(=O)Nc3ccccc3O)CC2)N=N1. The molecule has 7 heteroatoms. The van der Waals surface area contributed by atoms with Crippen LogP contribution in [0, 0.1) is 18.3 Å². The van der Waals surface area contributed by atoms with Crippen LogP contribution in [0.4, 0.5) is 5.69 Å². The van der Waals surface area contributed by atoms with Gasteiger partial charge in [-0.2, -0.15) is 10.2 Å². The van der Waals surface area contributed by atoms with Crippen molar-refractivity contribution in [2.24, 2.45) is 16.1 Å². The molecular formula is C20H24N4O3. The van der Waals surface area contributed by atoms with E-state index in [0.29, 0.717) is 57.3 Å². The number of terminal acetylenes is 1. The second-order valence-electron chi connectivity index (χ2n) is 7.05. The van der Waals surface area contributed by atoms with Crippen molar-refractivity contribution in [1.82, 2.24) is 4.90 Å². The minimum Gasteiger partial charge on any atom is -0.506 e. The lowest BCUT2D eigenvalue weighted by atomic mass is 9.95. The summed E-state index contributed by atoms with van der Waals surface area (Å²) in [7, 11) is 0. The van der Waals surface area contributed by atoms with E-state index >= 15 is 0 Å². The smallest absolute Gasteiger partial charge is 0.227 e. The molecule has 0 aliphatic carbocycles. The number of aromatic hydroxyl groups is 1. The molecule has 0 atom stereocenters. The van der Waals surface area contributed by atoms with Crippen molar-refractivity contribution in [2.75, 3.05) is 18.4 Å². The lowest BCUT2D eigenvalue weighted by molar-refractivity contribution is -0.134. The van der Waals surface area contributed by atoms with Crippen LogP contribution in [0.5, 0.6) is 5.75 Å². The molecule has 0 saturated carbocycles. The lowest BCUT2D eigenvalue weighted by Gasteiger charge is -2.31. The van der Waals surface area contributed by atoms with Crippen LogP contribution in [0.15, 0.2) is 34.5 Å². The molecule has 0 bridgehead atoms. The molecule has 27 heavy (non-hydrogen) atoms. The molecule has 2 aliphatic rings. The molecule has 1 saturated heterocycles. The number of hydrogen-bond donors (Lipinski definition) is 2. The average Bonchev–Trinajstić information content (AvgIpc) is 3.46. The topological polar surface area (TPSA) is 94.4 Å². The Morgan fingerprint density at radius 3 is 2.59 bits per heavy atom. The van der Waals surface area contributed by atoms with Crippen molar-refractivity contribution in [3.8, 4) is 18.1 Å². The van der Waals surface area contributed by atoms with Crippen LogP contribution in [0.25, 0.3) is 0 Å². The van der Waals surface area contributed by atoms with Gasteiger partial charge in [-0.25, -0.2) is 0 Å². The second-order valence-corrected chi connectivity index (χ2v) is 7.05. The van der Waals surface area contributed by atoms with Gasteiger partial charge in [0.2, 0.25) is 11.8 Å². The number of phenolic OH excluding ortho intramolecular Hbond substituents is 1. The molecule has 2 aliphatic heterocycles. The van der Waals surface area contributed by atoms with Crippen LogP contribution in [0.2, 0.25) is 0 Å². The lowest BCUT2D eigenvalue weighted by Crippen LogP contribution is -2.41. The number of hydrogen-bond acceptors (Lipinski definition) is 5. The second kappa shape index (κ2) is 8.21. The van der Waals surface area contributed by atoms with E-state index in [2.05, 4.69) is 21.5 Å². The van der Waals surface area contributed by atoms with Crippen molar-refractivity contribution in [3.05, 3.63) is 24.3 Å². The van der Waals surface area contributed by atoms with Crippen LogP contribution >= 0.6 is 0 Å². The van der Waals surface area contributed by atoms with Crippen LogP contribution < -0.4 is 5.32 Å². The fourth-order valence-corrected chi connectivity index (χ4v) is 3.34. The van der Waals surface area contributed by atoms with Gasteiger partial charge in [-0.1, -0.05) is 12.1 Å². The molecule has 1 fully saturated rings. The van der Waals surface area contributed by atoms with E-state index < -0.39 is 5.66 Å². The number of amides is 2. The van der Waals surface area contributed by atoms with E-state index in [1.54, 1.807) is 23.1 Å². The van der Waals surface area contributed by atoms with Crippen molar-refractivity contribution in [1.29, 1.82) is 0 Å². The summed E-state index contributed by atoms with van der Waals surface area (Å²) in [5, 5.41) is 20.6. The minimum absolute atomic E-state index is 0.0492. The van der Waals surface area contributed by atoms with Gasteiger partial charge in [-0.05, 0) is 25.0 Å². The van der Waals surface area contributed by atoms with Gasteiger partial charge >= 0.3 is 0 Å². The summed E-state index contributed by atoms with van der Waals surface area (Å²) in [6, 6.07) is 6.65. The summed E-state index contributed by atoms with van der Waals surface area (Å²) in [6.45, 7) is 1.12. The third-order valence-electron chi connectivity index (χ3n) is 5.17. The molecule has 2 N–H and O–H groups in total. The van der Waals surface area contributed by atoms with E-state index in [1.165, 1.54) is 6.07 Å². The largest absolute Gasteiger partial charge is 0.506 e. The molecule has 0 unspecified atom stereocenters. The van der Waals surface area contributed by atoms with E-state index in [9.17, 15) is 14.7 Å². The Morgan fingerprint density at radius 2 is 1.96 bits per heavy atom. The number of nitrogens with one attached hydrogen (secondary N) is 1. The van der Waals surface area contributed by atoms with E-state index in [0.717, 1.165) is 0 Å². The fourth-order valence-electron chi connectivity index (χ4n) is 3.34. The summed E-state index contributed by atoms with van der Waals surface area (Å²) in [4.78, 5) is 26.6. The van der Waals surface area contributed by atoms with Crippen LogP contribution in [-0.2, 0) is 9.59 Å². The zero-order chi connectivity index (χ0) is 19.3. The molecule has 0 spiro atoms. The first kappa shape index (κ1) is 18.9. The van der Waals surface area contributed by atoms with Crippen LogP contribution in [-0.4, -0.2) is 40.6 Å². The Morgan fingerprint density at radius 1 is 1.26 bits per heavy atom. The molecule has 0 radical (unpaired) electrons. The van der Waals surface area contributed by atoms with Gasteiger partial charge in [0, 0.05) is 44.7 Å². The number of anilines is 1. The summed E-state index contributed by atoms with van der Waals surface area (Å²) in [5.41, 5.74) is -0.0204. The first-order valence-electron chi connectivity index (χ1n) is 9.27. The molecule has 142 valence electrons. The van der Waals surface area contributed by atoms with Crippen LogP contribution in [0.3, 0.4) is 0 Å². The zero-order valence-corrected chi connectivity index (χ0v) is 15.2. The molecule has 0 aromatic heterocycles. The number of nitrogens with zero attached hydrogens (tertiary/aromatic N) is 3. The van der Waals surface area contributed by atoms with Crippen LogP contribution in [0.1, 0.15) is 38.5 Å². The summed E-state index contributed by atoms with van der Waals surface area (Å²) in [5.74, 6) is 2.43. The van der Waals surface area contributed by atoms with Gasteiger partial charge in [0.15, 0.2) is 5.66 Å². The Labute approximate surface area is 158 Å². The van der Waals surface area contributed by atoms with Gasteiger partial charge in [0.25, 0.3) is 0 Å². The first-order valence-corrected chi connectivity index (χ1v) is 9.27. The summed E-state index contributed by atoms with van der Waals surface area (Å²) >= 11 is 0. The van der Waals surface area contributed by atoms with Gasteiger partial charge in [0.05, 0.1) is 5.69 Å². The molecule has 1 aromatic rings. The number of carbonyl (C=O) groups excluding carboxylic acids is 2. The molecule has 2 amide bonds. The van der Waals surface area contributed by atoms with Gasteiger partial charge in [-0.3, -0.25) is 9.59 Å². The third kappa shape index (κ3) is 4.85. The monoisotopic (exact) mass is 368 g/mol. The highest BCUT2D eigenvalue weighted by Crippen LogP contribution is 2.37. The maximum absolute atomic E-state index is 12.4. The van der Waals surface area contributed by atoms with Gasteiger partial charge in [-0.15, -0.1) is 12.3 Å². The summed E-state index contributed by atoms with van der Waals surface area (Å²) < 4.78 is 0. The maximum Gasteiger partial charge on any atom is 0.227 e. The highest BCUT2D eigenvalue weighted by molar-refractivity contribution is 5.94. The number of para-hydroxylation sites is 2. The number of benzene rings is 1. The third-order valence-corrected chi connectivity index (χ3v) is 5.17. The van der Waals surface area contributed by atoms with E-state index in [4.69, 9.17) is 6.42 Å².